The number of amides is 1. The average Bonchev–Trinajstić information content (AvgIpc) is 3.13. The van der Waals surface area contributed by atoms with E-state index in [-0.39, 0.29) is 40.0 Å². The highest BCUT2D eigenvalue weighted by molar-refractivity contribution is 7.99. The van der Waals surface area contributed by atoms with Crippen LogP contribution in [-0.2, 0) is 23.8 Å². The molecule has 154 valence electrons. The average molecular weight is 428 g/mol. The van der Waals surface area contributed by atoms with E-state index in [0.29, 0.717) is 18.5 Å². The molecule has 0 fully saturated rings. The fraction of sp³-hybridized carbons (Fsp3) is 0.353. The number of nitro groups is 1. The Hall–Kier alpha value is -2.89. The summed E-state index contributed by atoms with van der Waals surface area (Å²) in [5.41, 5.74) is -0.447. The number of ether oxygens (including phenoxy) is 1. The summed E-state index contributed by atoms with van der Waals surface area (Å²) in [6, 6.07) is 3.80. The molecule has 1 N–H and O–H groups in total. The highest BCUT2D eigenvalue weighted by Gasteiger charge is 2.38. The first-order chi connectivity index (χ1) is 13.7. The summed E-state index contributed by atoms with van der Waals surface area (Å²) in [4.78, 5) is 30.2. The van der Waals surface area contributed by atoms with Gasteiger partial charge in [0.25, 0.3) is 0 Å². The molecule has 1 aliphatic rings. The minimum absolute atomic E-state index is 0.0303. The number of hydrogen-bond donors (Lipinski definition) is 1. The molecule has 0 aliphatic heterocycles. The topological polar surface area (TPSA) is 107 Å². The van der Waals surface area contributed by atoms with Crippen LogP contribution in [0.1, 0.15) is 23.4 Å². The summed E-state index contributed by atoms with van der Waals surface area (Å²) in [5, 5.41) is 13.3. The molecule has 0 radical (unpaired) electrons. The number of anilines is 1. The van der Waals surface area contributed by atoms with Crippen molar-refractivity contribution in [2.75, 3.05) is 18.2 Å². The number of nitrogens with one attached hydrogen (secondary N) is 1. The number of alkyl halides is 3. The minimum atomic E-state index is -4.58. The van der Waals surface area contributed by atoms with Gasteiger partial charge in [0.05, 0.1) is 17.8 Å². The SMILES string of the molecule is COc1cc(NC(=O)CSc2nc3c(c(C(F)(F)F)n2)CCC3)ccc1[N+](=O)[O-]. The normalized spacial score (nSPS) is 13.1. The van der Waals surface area contributed by atoms with Crippen LogP contribution in [-0.4, -0.2) is 33.7 Å². The van der Waals surface area contributed by atoms with Crippen molar-refractivity contribution >= 4 is 29.0 Å². The molecule has 0 unspecified atom stereocenters. The molecular formula is C17H15F3N4O4S. The van der Waals surface area contributed by atoms with Crippen LogP contribution in [0.25, 0.3) is 0 Å². The van der Waals surface area contributed by atoms with Crippen molar-refractivity contribution in [1.82, 2.24) is 9.97 Å². The number of hydrogen-bond acceptors (Lipinski definition) is 7. The van der Waals surface area contributed by atoms with Gasteiger partial charge in [-0.3, -0.25) is 14.9 Å². The first-order valence-electron chi connectivity index (χ1n) is 8.41. The molecule has 0 spiro atoms. The van der Waals surface area contributed by atoms with Crippen molar-refractivity contribution in [3.05, 3.63) is 45.3 Å². The number of methoxy groups -OCH3 is 1. The summed E-state index contributed by atoms with van der Waals surface area (Å²) < 4.78 is 44.6. The Balaban J connectivity index is 1.69. The number of benzene rings is 1. The third kappa shape index (κ3) is 4.75. The van der Waals surface area contributed by atoms with E-state index < -0.39 is 22.7 Å². The summed E-state index contributed by atoms with van der Waals surface area (Å²) in [7, 11) is 1.26. The van der Waals surface area contributed by atoms with Crippen LogP contribution in [0, 0.1) is 10.1 Å². The molecule has 1 amide bonds. The number of carbonyl (C=O) groups excluding carboxylic acids is 1. The number of thioether (sulfide) groups is 1. The molecule has 8 nitrogen and oxygen atoms in total. The van der Waals surface area contributed by atoms with Gasteiger partial charge in [0, 0.05) is 29.1 Å². The van der Waals surface area contributed by atoms with E-state index in [9.17, 15) is 28.1 Å². The minimum Gasteiger partial charge on any atom is -0.490 e. The van der Waals surface area contributed by atoms with E-state index in [1.54, 1.807) is 0 Å². The summed E-state index contributed by atoms with van der Waals surface area (Å²) in [5.74, 6) is -0.782. The maximum absolute atomic E-state index is 13.2. The van der Waals surface area contributed by atoms with Gasteiger partial charge in [0.15, 0.2) is 16.6 Å². The summed E-state index contributed by atoms with van der Waals surface area (Å²) >= 11 is 0.788. The van der Waals surface area contributed by atoms with Gasteiger partial charge in [-0.2, -0.15) is 13.2 Å². The molecular weight excluding hydrogens is 413 g/mol. The monoisotopic (exact) mass is 428 g/mol. The molecule has 0 atom stereocenters. The number of fused-ring (bicyclic) bond motifs is 1. The van der Waals surface area contributed by atoms with E-state index in [1.807, 2.05) is 0 Å². The predicted molar refractivity (Wildman–Crippen MR) is 98.1 cm³/mol. The zero-order valence-electron chi connectivity index (χ0n) is 15.1. The number of aromatic nitrogens is 2. The van der Waals surface area contributed by atoms with E-state index >= 15 is 0 Å². The molecule has 1 aliphatic carbocycles. The van der Waals surface area contributed by atoms with E-state index in [2.05, 4.69) is 15.3 Å². The van der Waals surface area contributed by atoms with Crippen molar-refractivity contribution in [3.8, 4) is 5.75 Å². The number of rotatable bonds is 6. The summed E-state index contributed by atoms with van der Waals surface area (Å²) in [6.45, 7) is 0. The van der Waals surface area contributed by atoms with E-state index in [1.165, 1.54) is 25.3 Å². The van der Waals surface area contributed by atoms with Crippen LogP contribution in [0.5, 0.6) is 5.75 Å². The van der Waals surface area contributed by atoms with Crippen molar-refractivity contribution in [2.24, 2.45) is 0 Å². The number of nitro benzene ring substituents is 1. The number of carbonyl (C=O) groups is 1. The number of halogens is 3. The Morgan fingerprint density at radius 2 is 2.10 bits per heavy atom. The van der Waals surface area contributed by atoms with Gasteiger partial charge in [-0.15, -0.1) is 0 Å². The maximum atomic E-state index is 13.2. The van der Waals surface area contributed by atoms with Gasteiger partial charge in [0.2, 0.25) is 5.91 Å². The molecule has 0 saturated carbocycles. The molecule has 1 aromatic carbocycles. The Morgan fingerprint density at radius 3 is 2.76 bits per heavy atom. The second kappa shape index (κ2) is 8.23. The highest BCUT2D eigenvalue weighted by Crippen LogP contribution is 2.36. The van der Waals surface area contributed by atoms with Crippen molar-refractivity contribution in [1.29, 1.82) is 0 Å². The Labute approximate surface area is 167 Å². The van der Waals surface area contributed by atoms with Gasteiger partial charge in [-0.05, 0) is 25.3 Å². The predicted octanol–water partition coefficient (Wildman–Crippen LogP) is 3.63. The van der Waals surface area contributed by atoms with Crippen LogP contribution in [0.3, 0.4) is 0 Å². The fourth-order valence-corrected chi connectivity index (χ4v) is 3.61. The molecule has 0 saturated heterocycles. The second-order valence-electron chi connectivity index (χ2n) is 6.11. The zero-order chi connectivity index (χ0) is 21.2. The Bertz CT molecular complexity index is 968. The van der Waals surface area contributed by atoms with Crippen LogP contribution >= 0.6 is 11.8 Å². The molecule has 1 aromatic heterocycles. The lowest BCUT2D eigenvalue weighted by atomic mass is 10.2. The number of aryl methyl sites for hydroxylation is 1. The van der Waals surface area contributed by atoms with Gasteiger partial charge in [-0.25, -0.2) is 9.97 Å². The Kier molecular flexibility index (Phi) is 5.91. The lowest BCUT2D eigenvalue weighted by Gasteiger charge is -2.12. The lowest BCUT2D eigenvalue weighted by molar-refractivity contribution is -0.385. The number of nitrogens with zero attached hydrogens (tertiary/aromatic N) is 3. The van der Waals surface area contributed by atoms with Gasteiger partial charge in [-0.1, -0.05) is 11.8 Å². The summed E-state index contributed by atoms with van der Waals surface area (Å²) in [6.07, 6.45) is -3.26. The first kappa shape index (κ1) is 20.8. The van der Waals surface area contributed by atoms with Gasteiger partial charge in [0.1, 0.15) is 0 Å². The lowest BCUT2D eigenvalue weighted by Crippen LogP contribution is -2.16. The Morgan fingerprint density at radius 1 is 1.34 bits per heavy atom. The van der Waals surface area contributed by atoms with Gasteiger partial charge >= 0.3 is 11.9 Å². The van der Waals surface area contributed by atoms with Crippen molar-refractivity contribution in [2.45, 2.75) is 30.6 Å². The van der Waals surface area contributed by atoms with Crippen LogP contribution < -0.4 is 10.1 Å². The molecule has 1 heterocycles. The highest BCUT2D eigenvalue weighted by atomic mass is 32.2. The smallest absolute Gasteiger partial charge is 0.433 e. The third-order valence-electron chi connectivity index (χ3n) is 4.17. The van der Waals surface area contributed by atoms with Crippen molar-refractivity contribution < 1.29 is 27.6 Å². The fourth-order valence-electron chi connectivity index (χ4n) is 2.94. The van der Waals surface area contributed by atoms with Crippen LogP contribution in [0.4, 0.5) is 24.5 Å². The van der Waals surface area contributed by atoms with Crippen LogP contribution in [0.15, 0.2) is 23.4 Å². The quantitative estimate of drug-likeness (QED) is 0.324. The molecule has 12 heteroatoms. The zero-order valence-corrected chi connectivity index (χ0v) is 15.9. The van der Waals surface area contributed by atoms with E-state index in [0.717, 1.165) is 11.8 Å². The maximum Gasteiger partial charge on any atom is 0.433 e. The third-order valence-corrected chi connectivity index (χ3v) is 5.02. The van der Waals surface area contributed by atoms with Crippen LogP contribution in [0.2, 0.25) is 0 Å². The van der Waals surface area contributed by atoms with Gasteiger partial charge < -0.3 is 10.1 Å². The molecule has 2 aromatic rings. The molecule has 0 bridgehead atoms. The standard InChI is InChI=1S/C17H15F3N4O4S/c1-28-13-7-9(5-6-12(13)24(26)27)21-14(25)8-29-16-22-11-4-2-3-10(11)15(23-16)17(18,19)20/h5-7H,2-4,8H2,1H3,(H,21,25). The first-order valence-corrected chi connectivity index (χ1v) is 9.39. The largest absolute Gasteiger partial charge is 0.490 e. The second-order valence-corrected chi connectivity index (χ2v) is 7.05. The molecule has 3 rings (SSSR count). The van der Waals surface area contributed by atoms with Crippen molar-refractivity contribution in [3.63, 3.8) is 0 Å². The van der Waals surface area contributed by atoms with E-state index in [4.69, 9.17) is 4.74 Å². The molecule has 29 heavy (non-hydrogen) atoms.